The van der Waals surface area contributed by atoms with E-state index >= 15 is 0 Å². The molecule has 0 atom stereocenters. The molecule has 4 heteroatoms. The van der Waals surface area contributed by atoms with Crippen LogP contribution < -0.4 is 37.2 Å². The van der Waals surface area contributed by atoms with Crippen LogP contribution in [0.2, 0.25) is 0 Å². The average Bonchev–Trinajstić information content (AvgIpc) is 3.18. The van der Waals surface area contributed by atoms with Crippen LogP contribution in [0.3, 0.4) is 0 Å². The molecule has 0 aromatic heterocycles. The van der Waals surface area contributed by atoms with Gasteiger partial charge < -0.3 is 37.2 Å². The maximum Gasteiger partial charge on any atom is 4.00 e. The largest absolute Gasteiger partial charge is 4.00 e. The predicted molar refractivity (Wildman–Crippen MR) is 128 cm³/mol. The fourth-order valence-electron chi connectivity index (χ4n) is 4.86. The van der Waals surface area contributed by atoms with Gasteiger partial charge in [-0.05, 0) is 37.5 Å². The molecule has 3 aromatic carbocycles. The number of halogens is 3. The standard InChI is InChI=1S/C30H31.3ClH.Ti/c1-5-9-25-16-17-29(21-25)30(26-13-6-10-22(2)18-26,27-14-7-11-23(3)19-27)28-15-8-12-24(4)20-28;;;;/h6-8,10-16,18-20H,5,9,17H2,1-4H3;3*1H;/q-1;;;;+4/p-3. The smallest absolute Gasteiger partial charge is 1.00 e. The summed E-state index contributed by atoms with van der Waals surface area (Å²) in [5, 5.41) is 0. The maximum atomic E-state index is 3.86. The molecule has 0 aliphatic heterocycles. The Morgan fingerprint density at radius 3 is 1.47 bits per heavy atom. The molecule has 0 radical (unpaired) electrons. The van der Waals surface area contributed by atoms with Crippen LogP contribution in [0.15, 0.2) is 90.0 Å². The van der Waals surface area contributed by atoms with Gasteiger partial charge in [0.2, 0.25) is 0 Å². The normalized spacial score (nSPS) is 12.2. The molecular formula is C30H31Cl3Ti. The van der Waals surface area contributed by atoms with E-state index < -0.39 is 0 Å². The zero-order chi connectivity index (χ0) is 21.1. The van der Waals surface area contributed by atoms with Crippen LogP contribution in [0, 0.1) is 26.8 Å². The molecular weight excluding hydrogens is 515 g/mol. The molecule has 0 saturated heterocycles. The molecule has 176 valence electrons. The van der Waals surface area contributed by atoms with Crippen LogP contribution in [-0.2, 0) is 27.1 Å². The van der Waals surface area contributed by atoms with Crippen LogP contribution in [-0.4, -0.2) is 0 Å². The van der Waals surface area contributed by atoms with Gasteiger partial charge in [-0.15, -0.1) is 0 Å². The summed E-state index contributed by atoms with van der Waals surface area (Å²) in [5.41, 5.74) is 10.2. The van der Waals surface area contributed by atoms with Crippen molar-refractivity contribution in [3.63, 3.8) is 0 Å². The second-order valence-electron chi connectivity index (χ2n) is 8.65. The molecule has 4 rings (SSSR count). The van der Waals surface area contributed by atoms with Gasteiger partial charge in [-0.25, -0.2) is 17.7 Å². The summed E-state index contributed by atoms with van der Waals surface area (Å²) in [6, 6.07) is 27.1. The number of benzene rings is 3. The van der Waals surface area contributed by atoms with Crippen molar-refractivity contribution < 1.29 is 58.9 Å². The van der Waals surface area contributed by atoms with Crippen molar-refractivity contribution in [2.24, 2.45) is 0 Å². The third-order valence-corrected chi connectivity index (χ3v) is 6.19. The minimum atomic E-state index is -0.337. The Morgan fingerprint density at radius 2 is 1.12 bits per heavy atom. The van der Waals surface area contributed by atoms with Crippen molar-refractivity contribution in [1.82, 2.24) is 0 Å². The minimum absolute atomic E-state index is 0. The van der Waals surface area contributed by atoms with E-state index in [1.54, 1.807) is 0 Å². The zero-order valence-electron chi connectivity index (χ0n) is 20.3. The number of hydrogen-bond acceptors (Lipinski definition) is 0. The van der Waals surface area contributed by atoms with Crippen LogP contribution in [0.5, 0.6) is 0 Å². The summed E-state index contributed by atoms with van der Waals surface area (Å²) in [5.74, 6) is 0. The topological polar surface area (TPSA) is 0 Å². The average molecular weight is 546 g/mol. The molecule has 0 unspecified atom stereocenters. The van der Waals surface area contributed by atoms with Gasteiger partial charge in [0.05, 0.1) is 0 Å². The number of allylic oxidation sites excluding steroid dienone is 4. The van der Waals surface area contributed by atoms with Gasteiger partial charge in [0.1, 0.15) is 0 Å². The van der Waals surface area contributed by atoms with Crippen molar-refractivity contribution in [3.05, 3.63) is 129 Å². The van der Waals surface area contributed by atoms with Crippen LogP contribution in [0.4, 0.5) is 0 Å². The molecule has 1 aliphatic rings. The fourth-order valence-corrected chi connectivity index (χ4v) is 4.86. The van der Waals surface area contributed by atoms with E-state index in [9.17, 15) is 0 Å². The third kappa shape index (κ3) is 6.48. The van der Waals surface area contributed by atoms with Gasteiger partial charge >= 0.3 is 21.7 Å². The molecule has 0 heterocycles. The van der Waals surface area contributed by atoms with Gasteiger partial charge in [0, 0.05) is 5.41 Å². The van der Waals surface area contributed by atoms with Crippen LogP contribution >= 0.6 is 0 Å². The predicted octanol–water partition coefficient (Wildman–Crippen LogP) is -1.18. The second kappa shape index (κ2) is 14.3. The molecule has 3 aromatic rings. The third-order valence-electron chi connectivity index (χ3n) is 6.19. The van der Waals surface area contributed by atoms with Crippen molar-refractivity contribution in [1.29, 1.82) is 0 Å². The Bertz CT molecular complexity index is 1020. The first-order valence-corrected chi connectivity index (χ1v) is 11.1. The monoisotopic (exact) mass is 544 g/mol. The first-order chi connectivity index (χ1) is 14.5. The number of rotatable bonds is 6. The first-order valence-electron chi connectivity index (χ1n) is 11.1. The number of hydrogen-bond donors (Lipinski definition) is 0. The SMILES string of the molecule is CCCC1=CCC(C(c2cccc(C)c2)(c2cccc(C)c2)c2cccc(C)c2)=[C-]1.[Cl-].[Cl-].[Cl-].[Ti+4]. The molecule has 0 N–H and O–H groups in total. The molecule has 0 fully saturated rings. The molecule has 0 bridgehead atoms. The van der Waals surface area contributed by atoms with E-state index in [-0.39, 0.29) is 64.4 Å². The van der Waals surface area contributed by atoms with E-state index in [2.05, 4.69) is 113 Å². The summed E-state index contributed by atoms with van der Waals surface area (Å²) in [4.78, 5) is 0. The number of aryl methyl sites for hydroxylation is 3. The summed E-state index contributed by atoms with van der Waals surface area (Å²) in [7, 11) is 0. The zero-order valence-corrected chi connectivity index (χ0v) is 24.1. The quantitative estimate of drug-likeness (QED) is 0.208. The Kier molecular flexibility index (Phi) is 13.8. The van der Waals surface area contributed by atoms with Crippen molar-refractivity contribution in [3.8, 4) is 0 Å². The second-order valence-corrected chi connectivity index (χ2v) is 8.65. The van der Waals surface area contributed by atoms with Gasteiger partial charge in [-0.3, -0.25) is 0 Å². The summed E-state index contributed by atoms with van der Waals surface area (Å²) in [6.45, 7) is 8.81. The van der Waals surface area contributed by atoms with E-state index in [0.29, 0.717) is 0 Å². The van der Waals surface area contributed by atoms with Crippen molar-refractivity contribution >= 4 is 0 Å². The maximum absolute atomic E-state index is 3.86. The Balaban J connectivity index is 0.00000272. The van der Waals surface area contributed by atoms with E-state index in [1.165, 1.54) is 44.5 Å². The Hall–Kier alpha value is -1.28. The Morgan fingerprint density at radius 1 is 0.706 bits per heavy atom. The molecule has 1 aliphatic carbocycles. The van der Waals surface area contributed by atoms with Gasteiger partial charge in [0.15, 0.2) is 0 Å². The molecule has 0 spiro atoms. The summed E-state index contributed by atoms with van der Waals surface area (Å²) >= 11 is 0. The molecule has 0 saturated carbocycles. The molecule has 34 heavy (non-hydrogen) atoms. The van der Waals surface area contributed by atoms with Gasteiger partial charge in [0.25, 0.3) is 0 Å². The first kappa shape index (κ1) is 32.7. The summed E-state index contributed by atoms with van der Waals surface area (Å²) in [6.07, 6.45) is 9.44. The van der Waals surface area contributed by atoms with Crippen LogP contribution in [0.25, 0.3) is 0 Å². The van der Waals surface area contributed by atoms with Crippen LogP contribution in [0.1, 0.15) is 59.6 Å². The molecule has 0 amide bonds. The van der Waals surface area contributed by atoms with E-state index in [1.807, 2.05) is 0 Å². The van der Waals surface area contributed by atoms with Crippen molar-refractivity contribution in [2.75, 3.05) is 0 Å². The fraction of sp³-hybridized carbons (Fsp3) is 0.267. The summed E-state index contributed by atoms with van der Waals surface area (Å²) < 4.78 is 0. The van der Waals surface area contributed by atoms with Gasteiger partial charge in [-0.1, -0.05) is 116 Å². The van der Waals surface area contributed by atoms with Gasteiger partial charge in [-0.2, -0.15) is 5.57 Å². The van der Waals surface area contributed by atoms with Crippen molar-refractivity contribution in [2.45, 2.75) is 52.4 Å². The Labute approximate surface area is 239 Å². The molecule has 0 nitrogen and oxygen atoms in total. The van der Waals surface area contributed by atoms with E-state index in [0.717, 1.165) is 19.3 Å². The minimum Gasteiger partial charge on any atom is -1.00 e. The van der Waals surface area contributed by atoms with E-state index in [4.69, 9.17) is 0 Å².